The van der Waals surface area contributed by atoms with Gasteiger partial charge in [-0.1, -0.05) is 0 Å². The summed E-state index contributed by atoms with van der Waals surface area (Å²) in [5, 5.41) is 0. The van der Waals surface area contributed by atoms with E-state index in [1.165, 1.54) is 0 Å². The Labute approximate surface area is 114 Å². The summed E-state index contributed by atoms with van der Waals surface area (Å²) in [6.45, 7) is 0. The summed E-state index contributed by atoms with van der Waals surface area (Å²) in [6.07, 6.45) is 0. The molecule has 0 spiro atoms. The van der Waals surface area contributed by atoms with Crippen LogP contribution in [-0.4, -0.2) is 0 Å². The Bertz CT molecular complexity index is 291. The largest absolute Gasteiger partial charge is 0 e. The molecule has 0 fully saturated rings. The first-order chi connectivity index (χ1) is 2.24. The Morgan fingerprint density at radius 3 is 0.800 bits per heavy atom. The summed E-state index contributed by atoms with van der Waals surface area (Å²) in [5.41, 5.74) is 0. The minimum atomic E-state index is -8.05. The summed E-state index contributed by atoms with van der Waals surface area (Å²) in [7, 11) is 0. The molecule has 0 aromatic rings. The van der Waals surface area contributed by atoms with Crippen LogP contribution in [0.25, 0.3) is 0 Å². The summed E-state index contributed by atoms with van der Waals surface area (Å²) in [4.78, 5) is 0. The van der Waals surface area contributed by atoms with E-state index < -0.39 is 15.7 Å². The second-order valence-electron chi connectivity index (χ2n) is 0.745. The zero-order chi connectivity index (χ0) is 5.45. The molecule has 0 saturated heterocycles. The van der Waals surface area contributed by atoms with Gasteiger partial charge in [0.2, 0.25) is 0 Å². The predicted octanol–water partition coefficient (Wildman–Crippen LogP) is -0.606. The fourth-order valence-electron chi connectivity index (χ4n) is 0. The van der Waals surface area contributed by atoms with E-state index in [2.05, 4.69) is 0 Å². The maximum absolute atomic E-state index is 8.67. The van der Waals surface area contributed by atoms with E-state index in [0.29, 0.717) is 0 Å². The molecule has 0 aliphatic carbocycles. The van der Waals surface area contributed by atoms with Crippen LogP contribution in [0.3, 0.4) is 0 Å². The Balaban J connectivity index is -0.0000000208. The third-order valence-electron chi connectivity index (χ3n) is 0. The Morgan fingerprint density at radius 1 is 0.800 bits per heavy atom. The van der Waals surface area contributed by atoms with Crippen LogP contribution in [0.15, 0.2) is 0 Å². The van der Waals surface area contributed by atoms with Crippen molar-refractivity contribution < 1.29 is 116 Å². The van der Waals surface area contributed by atoms with Crippen LogP contribution in [0.2, 0.25) is 0 Å². The van der Waals surface area contributed by atoms with Crippen LogP contribution in [0.5, 0.6) is 0 Å². The van der Waals surface area contributed by atoms with Crippen LogP contribution in [-0.2, 0) is 116 Å². The zero-order valence-electron chi connectivity index (χ0n) is 4.34. The van der Waals surface area contributed by atoms with Crippen LogP contribution >= 0.6 is 0 Å². The normalized spacial score (nSPS) is 6.00. The zero-order valence-corrected chi connectivity index (χ0v) is 14.2. The van der Waals surface area contributed by atoms with E-state index in [-0.39, 0.29) is 83.8 Å². The van der Waals surface area contributed by atoms with Crippen molar-refractivity contribution in [1.29, 1.82) is 0 Å². The summed E-state index contributed by atoms with van der Waals surface area (Å²) < 4.78 is 43.4. The molecule has 0 N–H and O–H groups in total. The molecule has 5 nitrogen and oxygen atoms in total. The molecular formula is CrO5TaTiVZr. The summed E-state index contributed by atoms with van der Waals surface area (Å²) in [5.74, 6) is 0. The Kier molecular flexibility index (Phi) is 23.7. The van der Waals surface area contributed by atoms with E-state index in [4.69, 9.17) is 16.3 Å². The molecule has 0 rings (SSSR count). The monoisotopic (exact) mass is 502 g/mol. The van der Waals surface area contributed by atoms with Gasteiger partial charge in [0.05, 0.1) is 0 Å². The second-order valence-corrected chi connectivity index (χ2v) is 6.10. The van der Waals surface area contributed by atoms with Crippen molar-refractivity contribution in [2.75, 3.05) is 0 Å². The van der Waals surface area contributed by atoms with Crippen molar-refractivity contribution in [3.8, 4) is 0 Å². The van der Waals surface area contributed by atoms with Crippen LogP contribution in [0.1, 0.15) is 0 Å². The van der Waals surface area contributed by atoms with Gasteiger partial charge in [-0.25, -0.2) is 0 Å². The molecule has 0 aromatic carbocycles. The molecule has 0 atom stereocenters. The van der Waals surface area contributed by atoms with Crippen molar-refractivity contribution in [3.05, 3.63) is 0 Å². The number of rotatable bonds is 0. The minimum absolute atomic E-state index is 0. The number of hydrogen-bond acceptors (Lipinski definition) is 5. The molecule has 0 aromatic heterocycles. The molecule has 0 bridgehead atoms. The first kappa shape index (κ1) is 29.4. The molecule has 0 amide bonds. The quantitative estimate of drug-likeness (QED) is 0.413. The van der Waals surface area contributed by atoms with E-state index in [1.54, 1.807) is 0 Å². The van der Waals surface area contributed by atoms with Gasteiger partial charge in [0.15, 0.2) is 0 Å². The fraction of sp³-hybridized carbons (Fsp3) is 0. The topological polar surface area (TPSA) is 85.3 Å². The van der Waals surface area contributed by atoms with E-state index in [9.17, 15) is 0 Å². The van der Waals surface area contributed by atoms with E-state index in [1.807, 2.05) is 0 Å². The molecule has 0 aliphatic heterocycles. The van der Waals surface area contributed by atoms with Gasteiger partial charge in [-0.15, -0.1) is 0 Å². The SMILES string of the molecule is [Cr].[O]=[Ta](=[O])(=[O])(=[O])=[O].[Ti].[V].[Zr]. The third-order valence-corrected chi connectivity index (χ3v) is 0. The molecule has 0 unspecified atom stereocenters. The van der Waals surface area contributed by atoms with Gasteiger partial charge in [0.1, 0.15) is 0 Å². The Morgan fingerprint density at radius 2 is 0.800 bits per heavy atom. The molecule has 1 radical (unpaired) electrons. The third kappa shape index (κ3) is 155. The number of hydrogen-bond donors (Lipinski definition) is 0. The summed E-state index contributed by atoms with van der Waals surface area (Å²) >= 11 is -8.05. The van der Waals surface area contributed by atoms with Crippen molar-refractivity contribution in [2.24, 2.45) is 0 Å². The molecule has 0 saturated carbocycles. The van der Waals surface area contributed by atoms with Gasteiger partial charge < -0.3 is 0 Å². The molecule has 0 heterocycles. The molecule has 10 heavy (non-hydrogen) atoms. The maximum Gasteiger partial charge on any atom is 0 e. The average molecular weight is 503 g/mol. The van der Waals surface area contributed by atoms with Crippen molar-refractivity contribution in [2.45, 2.75) is 0 Å². The van der Waals surface area contributed by atoms with Gasteiger partial charge in [-0.3, -0.25) is 0 Å². The molecule has 54 valence electrons. The second kappa shape index (κ2) is 8.07. The standard InChI is InChI=1S/Cr.5O.Ta.Ti.V.Zr. The van der Waals surface area contributed by atoms with Crippen LogP contribution < -0.4 is 0 Å². The molecule has 10 heteroatoms. The molecular weight excluding hydrogens is 503 g/mol. The molecule has 0 aliphatic rings. The first-order valence-electron chi connectivity index (χ1n) is 0.913. The van der Waals surface area contributed by atoms with E-state index in [0.717, 1.165) is 0 Å². The van der Waals surface area contributed by atoms with Crippen LogP contribution in [0, 0.1) is 0 Å². The van der Waals surface area contributed by atoms with E-state index >= 15 is 0 Å². The Hall–Kier alpha value is 2.45. The average Bonchev–Trinajstić information content (AvgIpc) is 0.650. The fourth-order valence-corrected chi connectivity index (χ4v) is 0. The predicted molar refractivity (Wildman–Crippen MR) is 3.43 cm³/mol. The first-order valence-corrected chi connectivity index (χ1v) is 7.47. The van der Waals surface area contributed by atoms with Crippen molar-refractivity contribution >= 4 is 0 Å². The smallest absolute Gasteiger partial charge is 0 e. The van der Waals surface area contributed by atoms with Crippen molar-refractivity contribution in [1.82, 2.24) is 0 Å². The van der Waals surface area contributed by atoms with Gasteiger partial charge in [0.25, 0.3) is 0 Å². The minimum Gasteiger partial charge on any atom is 0 e. The van der Waals surface area contributed by atoms with Gasteiger partial charge in [-0.2, -0.15) is 0 Å². The van der Waals surface area contributed by atoms with Gasteiger partial charge >= 0.3 is 31.9 Å². The van der Waals surface area contributed by atoms with Gasteiger partial charge in [-0.05, 0) is 0 Å². The van der Waals surface area contributed by atoms with Crippen LogP contribution in [0.4, 0.5) is 0 Å². The van der Waals surface area contributed by atoms with Crippen molar-refractivity contribution in [3.63, 3.8) is 0 Å². The maximum atomic E-state index is 8.67. The van der Waals surface area contributed by atoms with Gasteiger partial charge in [0, 0.05) is 83.8 Å². The summed E-state index contributed by atoms with van der Waals surface area (Å²) in [6, 6.07) is 0.